The van der Waals surface area contributed by atoms with Crippen molar-refractivity contribution in [3.05, 3.63) is 0 Å². The van der Waals surface area contributed by atoms with Crippen molar-refractivity contribution in [1.82, 2.24) is 4.72 Å². The summed E-state index contributed by atoms with van der Waals surface area (Å²) in [5.41, 5.74) is 4.79. The average Bonchev–Trinajstić information content (AvgIpc) is 2.26. The zero-order chi connectivity index (χ0) is 13.8. The van der Waals surface area contributed by atoms with Crippen LogP contribution < -0.4 is 10.5 Å². The molecule has 0 aromatic carbocycles. The van der Waals surface area contributed by atoms with Gasteiger partial charge in [-0.25, -0.2) is 13.1 Å². The van der Waals surface area contributed by atoms with E-state index in [1.165, 1.54) is 0 Å². The van der Waals surface area contributed by atoms with Crippen molar-refractivity contribution in [1.29, 1.82) is 0 Å². The van der Waals surface area contributed by atoms with E-state index in [-0.39, 0.29) is 17.5 Å². The predicted octanol–water partition coefficient (Wildman–Crippen LogP) is 1.01. The van der Waals surface area contributed by atoms with Gasteiger partial charge in [-0.15, -0.1) is 0 Å². The van der Waals surface area contributed by atoms with Gasteiger partial charge in [0.25, 0.3) is 0 Å². The van der Waals surface area contributed by atoms with Crippen molar-refractivity contribution >= 4 is 15.9 Å². The van der Waals surface area contributed by atoms with Crippen LogP contribution in [0.3, 0.4) is 0 Å². The first-order chi connectivity index (χ1) is 8.31. The van der Waals surface area contributed by atoms with E-state index in [9.17, 15) is 8.42 Å². The van der Waals surface area contributed by atoms with E-state index >= 15 is 0 Å². The summed E-state index contributed by atoms with van der Waals surface area (Å²) in [7, 11) is -3.42. The van der Waals surface area contributed by atoms with Crippen LogP contribution in [0.25, 0.3) is 0 Å². The highest BCUT2D eigenvalue weighted by molar-refractivity contribution is 7.89. The van der Waals surface area contributed by atoms with Gasteiger partial charge in [-0.1, -0.05) is 38.3 Å². The summed E-state index contributed by atoms with van der Waals surface area (Å²) in [4.78, 5) is 0. The molecule has 0 radical (unpaired) electrons. The summed E-state index contributed by atoms with van der Waals surface area (Å²) in [5, 5.41) is 11.9. The quantitative estimate of drug-likeness (QED) is 0.302. The SMILES string of the molecule is CC(C)CS(=O)(=O)NC1(C(N)=NO)CCCCC1. The summed E-state index contributed by atoms with van der Waals surface area (Å²) < 4.78 is 26.7. The lowest BCUT2D eigenvalue weighted by Gasteiger charge is -2.36. The van der Waals surface area contributed by atoms with Gasteiger partial charge in [0.1, 0.15) is 0 Å². The first-order valence-corrected chi connectivity index (χ1v) is 7.96. The van der Waals surface area contributed by atoms with Crippen molar-refractivity contribution in [3.8, 4) is 0 Å². The van der Waals surface area contributed by atoms with E-state index in [1.807, 2.05) is 13.8 Å². The van der Waals surface area contributed by atoms with E-state index in [1.54, 1.807) is 0 Å². The molecule has 0 saturated heterocycles. The standard InChI is InChI=1S/C11H23N3O3S/c1-9(2)8-18(16,17)14-11(10(12)13-15)6-4-3-5-7-11/h9,14-15H,3-8H2,1-2H3,(H2,12,13). The van der Waals surface area contributed by atoms with Gasteiger partial charge in [0.15, 0.2) is 5.84 Å². The van der Waals surface area contributed by atoms with E-state index in [4.69, 9.17) is 10.9 Å². The lowest BCUT2D eigenvalue weighted by molar-refractivity contribution is 0.293. The maximum Gasteiger partial charge on any atom is 0.212 e. The van der Waals surface area contributed by atoms with E-state index in [2.05, 4.69) is 9.88 Å². The highest BCUT2D eigenvalue weighted by atomic mass is 32.2. The van der Waals surface area contributed by atoms with Crippen LogP contribution in [0.4, 0.5) is 0 Å². The molecule has 0 bridgehead atoms. The van der Waals surface area contributed by atoms with Crippen molar-refractivity contribution < 1.29 is 13.6 Å². The van der Waals surface area contributed by atoms with E-state index < -0.39 is 15.6 Å². The van der Waals surface area contributed by atoms with Crippen LogP contribution in [-0.2, 0) is 10.0 Å². The third kappa shape index (κ3) is 3.84. The Hall–Kier alpha value is -0.820. The van der Waals surface area contributed by atoms with Gasteiger partial charge < -0.3 is 10.9 Å². The number of nitrogens with zero attached hydrogens (tertiary/aromatic N) is 1. The molecule has 4 N–H and O–H groups in total. The first-order valence-electron chi connectivity index (χ1n) is 6.31. The Kier molecular flexibility index (Phi) is 4.98. The van der Waals surface area contributed by atoms with Crippen molar-refractivity contribution in [2.45, 2.75) is 51.5 Å². The van der Waals surface area contributed by atoms with Crippen LogP contribution in [0.15, 0.2) is 5.16 Å². The molecule has 0 aliphatic heterocycles. The van der Waals surface area contributed by atoms with Gasteiger partial charge in [-0.2, -0.15) is 0 Å². The minimum Gasteiger partial charge on any atom is -0.409 e. The van der Waals surface area contributed by atoms with Crippen LogP contribution in [0.5, 0.6) is 0 Å². The molecule has 1 rings (SSSR count). The fourth-order valence-corrected chi connectivity index (χ4v) is 4.30. The molecule has 1 fully saturated rings. The van der Waals surface area contributed by atoms with Gasteiger partial charge in [0.05, 0.1) is 11.3 Å². The van der Waals surface area contributed by atoms with Gasteiger partial charge >= 0.3 is 0 Å². The Labute approximate surface area is 109 Å². The Bertz CT molecular complexity index is 398. The van der Waals surface area contributed by atoms with E-state index in [0.29, 0.717) is 12.8 Å². The smallest absolute Gasteiger partial charge is 0.212 e. The molecule has 0 spiro atoms. The Morgan fingerprint density at radius 3 is 2.39 bits per heavy atom. The number of oxime groups is 1. The minimum absolute atomic E-state index is 0.0328. The van der Waals surface area contributed by atoms with Crippen LogP contribution in [0.1, 0.15) is 46.0 Å². The molecule has 0 unspecified atom stereocenters. The second-order valence-corrected chi connectivity index (χ2v) is 7.17. The van der Waals surface area contributed by atoms with Crippen molar-refractivity contribution in [2.24, 2.45) is 16.8 Å². The number of sulfonamides is 1. The summed E-state index contributed by atoms with van der Waals surface area (Å²) in [5.74, 6) is 0.0537. The highest BCUT2D eigenvalue weighted by Crippen LogP contribution is 2.29. The van der Waals surface area contributed by atoms with Crippen LogP contribution in [-0.4, -0.2) is 30.8 Å². The highest BCUT2D eigenvalue weighted by Gasteiger charge is 2.40. The number of amidine groups is 1. The number of rotatable bonds is 5. The molecule has 0 heterocycles. The molecule has 0 atom stereocenters. The second kappa shape index (κ2) is 5.88. The Morgan fingerprint density at radius 2 is 1.94 bits per heavy atom. The molecule has 1 aliphatic rings. The molecular formula is C11H23N3O3S. The average molecular weight is 277 g/mol. The normalized spacial score (nSPS) is 21.2. The predicted molar refractivity (Wildman–Crippen MR) is 71.0 cm³/mol. The second-order valence-electron chi connectivity index (χ2n) is 5.41. The van der Waals surface area contributed by atoms with Crippen LogP contribution >= 0.6 is 0 Å². The largest absolute Gasteiger partial charge is 0.409 e. The molecule has 0 aromatic rings. The first kappa shape index (κ1) is 15.2. The lowest BCUT2D eigenvalue weighted by atomic mass is 9.82. The summed E-state index contributed by atoms with van der Waals surface area (Å²) in [6, 6.07) is 0. The number of nitrogens with two attached hydrogens (primary N) is 1. The van der Waals surface area contributed by atoms with Gasteiger partial charge in [0, 0.05) is 0 Å². The summed E-state index contributed by atoms with van der Waals surface area (Å²) in [6.07, 6.45) is 3.97. The maximum atomic E-state index is 12.0. The van der Waals surface area contributed by atoms with Gasteiger partial charge in [0.2, 0.25) is 10.0 Å². The Morgan fingerprint density at radius 1 is 1.39 bits per heavy atom. The summed E-state index contributed by atoms with van der Waals surface area (Å²) >= 11 is 0. The van der Waals surface area contributed by atoms with Gasteiger partial charge in [-0.3, -0.25) is 0 Å². The molecule has 1 saturated carbocycles. The maximum absolute atomic E-state index is 12.0. The zero-order valence-corrected chi connectivity index (χ0v) is 11.8. The molecule has 0 aromatic heterocycles. The van der Waals surface area contributed by atoms with Crippen molar-refractivity contribution in [2.75, 3.05) is 5.75 Å². The third-order valence-electron chi connectivity index (χ3n) is 3.21. The minimum atomic E-state index is -3.42. The monoisotopic (exact) mass is 277 g/mol. The van der Waals surface area contributed by atoms with E-state index in [0.717, 1.165) is 19.3 Å². The zero-order valence-electron chi connectivity index (χ0n) is 11.0. The molecule has 106 valence electrons. The molecule has 6 nitrogen and oxygen atoms in total. The molecule has 0 amide bonds. The van der Waals surface area contributed by atoms with Crippen molar-refractivity contribution in [3.63, 3.8) is 0 Å². The lowest BCUT2D eigenvalue weighted by Crippen LogP contribution is -2.59. The molecule has 7 heteroatoms. The fourth-order valence-electron chi connectivity index (χ4n) is 2.44. The Balaban J connectivity index is 2.92. The molecule has 18 heavy (non-hydrogen) atoms. The molecule has 1 aliphatic carbocycles. The number of hydrogen-bond acceptors (Lipinski definition) is 4. The summed E-state index contributed by atoms with van der Waals surface area (Å²) in [6.45, 7) is 3.69. The topological polar surface area (TPSA) is 105 Å². The number of hydrogen-bond donors (Lipinski definition) is 3. The van der Waals surface area contributed by atoms with Crippen LogP contribution in [0.2, 0.25) is 0 Å². The number of nitrogens with one attached hydrogen (secondary N) is 1. The van der Waals surface area contributed by atoms with Gasteiger partial charge in [-0.05, 0) is 18.8 Å². The van der Waals surface area contributed by atoms with Crippen LogP contribution in [0, 0.1) is 5.92 Å². The third-order valence-corrected chi connectivity index (χ3v) is 5.02. The fraction of sp³-hybridized carbons (Fsp3) is 0.909. The molecular weight excluding hydrogens is 254 g/mol.